The van der Waals surface area contributed by atoms with Crippen molar-refractivity contribution in [3.05, 3.63) is 41.7 Å². The first-order chi connectivity index (χ1) is 9.71. The number of aryl methyl sites for hydroxylation is 1. The van der Waals surface area contributed by atoms with Crippen molar-refractivity contribution < 1.29 is 9.47 Å². The molecule has 0 bridgehead atoms. The minimum atomic E-state index is 0.0116. The first-order valence-electron chi connectivity index (χ1n) is 6.64. The lowest BCUT2D eigenvalue weighted by molar-refractivity contribution is 0.400. The average molecular weight is 275 g/mol. The summed E-state index contributed by atoms with van der Waals surface area (Å²) in [6.45, 7) is 2.92. The molecule has 0 aliphatic heterocycles. The number of nitrogens with zero attached hydrogens (tertiary/aromatic N) is 2. The minimum absolute atomic E-state index is 0.0116. The van der Waals surface area contributed by atoms with Gasteiger partial charge in [-0.1, -0.05) is 19.1 Å². The van der Waals surface area contributed by atoms with E-state index in [1.54, 1.807) is 20.4 Å². The molecule has 1 unspecified atom stereocenters. The molecule has 0 saturated heterocycles. The van der Waals surface area contributed by atoms with E-state index >= 15 is 0 Å². The maximum atomic E-state index is 5.42. The second kappa shape index (κ2) is 6.43. The van der Waals surface area contributed by atoms with Crippen LogP contribution in [-0.2, 0) is 7.05 Å². The molecule has 2 rings (SSSR count). The maximum absolute atomic E-state index is 5.42. The van der Waals surface area contributed by atoms with E-state index in [1.807, 2.05) is 29.9 Å². The zero-order chi connectivity index (χ0) is 14.5. The Hall–Kier alpha value is -2.01. The molecule has 20 heavy (non-hydrogen) atoms. The van der Waals surface area contributed by atoms with Crippen molar-refractivity contribution in [3.63, 3.8) is 0 Å². The van der Waals surface area contributed by atoms with E-state index in [9.17, 15) is 0 Å². The van der Waals surface area contributed by atoms with E-state index in [0.717, 1.165) is 29.3 Å². The lowest BCUT2D eigenvalue weighted by atomic mass is 10.0. The maximum Gasteiger partial charge on any atom is 0.161 e. The van der Waals surface area contributed by atoms with Gasteiger partial charge in [-0.15, -0.1) is 0 Å². The van der Waals surface area contributed by atoms with Gasteiger partial charge in [-0.3, -0.25) is 4.68 Å². The number of benzene rings is 1. The molecule has 0 aliphatic rings. The molecule has 0 fully saturated rings. The van der Waals surface area contributed by atoms with Crippen LogP contribution in [0.1, 0.15) is 24.2 Å². The number of nitrogens with one attached hydrogen (secondary N) is 1. The van der Waals surface area contributed by atoms with Crippen molar-refractivity contribution in [2.75, 3.05) is 20.8 Å². The summed E-state index contributed by atoms with van der Waals surface area (Å²) in [4.78, 5) is 0. The number of hydrogen-bond acceptors (Lipinski definition) is 4. The number of aromatic nitrogens is 2. The van der Waals surface area contributed by atoms with Gasteiger partial charge in [0.2, 0.25) is 0 Å². The van der Waals surface area contributed by atoms with E-state index in [4.69, 9.17) is 9.47 Å². The van der Waals surface area contributed by atoms with Crippen molar-refractivity contribution in [2.45, 2.75) is 13.0 Å². The predicted octanol–water partition coefficient (Wildman–Crippen LogP) is 2.14. The topological polar surface area (TPSA) is 48.3 Å². The molecule has 0 aliphatic carbocycles. The van der Waals surface area contributed by atoms with Crippen LogP contribution in [-0.4, -0.2) is 30.5 Å². The Bertz CT molecular complexity index is 566. The van der Waals surface area contributed by atoms with Gasteiger partial charge < -0.3 is 14.8 Å². The Morgan fingerprint density at radius 1 is 1.30 bits per heavy atom. The Kier molecular flexibility index (Phi) is 4.63. The molecule has 108 valence electrons. The highest BCUT2D eigenvalue weighted by Gasteiger charge is 2.22. The summed E-state index contributed by atoms with van der Waals surface area (Å²) in [6.07, 6.45) is 1.74. The molecule has 1 aromatic carbocycles. The monoisotopic (exact) mass is 275 g/mol. The van der Waals surface area contributed by atoms with Crippen LogP contribution in [0.2, 0.25) is 0 Å². The summed E-state index contributed by atoms with van der Waals surface area (Å²) < 4.78 is 12.6. The van der Waals surface area contributed by atoms with Crippen LogP contribution >= 0.6 is 0 Å². The highest BCUT2D eigenvalue weighted by atomic mass is 16.5. The zero-order valence-electron chi connectivity index (χ0n) is 12.4. The quantitative estimate of drug-likeness (QED) is 0.877. The van der Waals surface area contributed by atoms with Crippen LogP contribution in [0.25, 0.3) is 0 Å². The summed E-state index contributed by atoms with van der Waals surface area (Å²) >= 11 is 0. The van der Waals surface area contributed by atoms with Crippen molar-refractivity contribution >= 4 is 0 Å². The summed E-state index contributed by atoms with van der Waals surface area (Å²) in [5, 5.41) is 7.75. The third-order valence-corrected chi connectivity index (χ3v) is 3.28. The third kappa shape index (κ3) is 2.77. The second-order valence-electron chi connectivity index (χ2n) is 4.49. The highest BCUT2D eigenvalue weighted by Crippen LogP contribution is 2.30. The average Bonchev–Trinajstić information content (AvgIpc) is 2.85. The highest BCUT2D eigenvalue weighted by molar-refractivity contribution is 5.39. The standard InChI is InChI=1S/C15H21N3O2/c1-5-16-14(11-7-6-8-12(9-11)19-3)15-13(20-4)10-17-18(15)2/h6-10,14,16H,5H2,1-4H3. The number of methoxy groups -OCH3 is 2. The van der Waals surface area contributed by atoms with Crippen LogP contribution in [0.5, 0.6) is 11.5 Å². The smallest absolute Gasteiger partial charge is 0.161 e. The first kappa shape index (κ1) is 14.4. The molecule has 1 aromatic heterocycles. The molecule has 1 atom stereocenters. The normalized spacial score (nSPS) is 12.2. The molecule has 0 spiro atoms. The van der Waals surface area contributed by atoms with E-state index in [0.29, 0.717) is 0 Å². The fourth-order valence-corrected chi connectivity index (χ4v) is 2.31. The van der Waals surface area contributed by atoms with Gasteiger partial charge in [-0.05, 0) is 24.2 Å². The molecule has 5 heteroatoms. The van der Waals surface area contributed by atoms with Crippen LogP contribution in [0.3, 0.4) is 0 Å². The van der Waals surface area contributed by atoms with Gasteiger partial charge in [0.1, 0.15) is 11.4 Å². The Morgan fingerprint density at radius 3 is 2.75 bits per heavy atom. The molecule has 2 aromatic rings. The molecule has 5 nitrogen and oxygen atoms in total. The SMILES string of the molecule is CCNC(c1cccc(OC)c1)c1c(OC)cnn1C. The summed E-state index contributed by atoms with van der Waals surface area (Å²) in [6, 6.07) is 8.04. The van der Waals surface area contributed by atoms with E-state index in [-0.39, 0.29) is 6.04 Å². The van der Waals surface area contributed by atoms with Gasteiger partial charge in [-0.2, -0.15) is 5.10 Å². The number of hydrogen-bond donors (Lipinski definition) is 1. The van der Waals surface area contributed by atoms with Crippen LogP contribution in [0.15, 0.2) is 30.5 Å². The largest absolute Gasteiger partial charge is 0.497 e. The van der Waals surface area contributed by atoms with Crippen molar-refractivity contribution in [2.24, 2.45) is 7.05 Å². The molecule has 1 N–H and O–H groups in total. The van der Waals surface area contributed by atoms with Crippen LogP contribution in [0, 0.1) is 0 Å². The van der Waals surface area contributed by atoms with Crippen molar-refractivity contribution in [1.29, 1.82) is 0 Å². The second-order valence-corrected chi connectivity index (χ2v) is 4.49. The number of ether oxygens (including phenoxy) is 2. The predicted molar refractivity (Wildman–Crippen MR) is 78.3 cm³/mol. The van der Waals surface area contributed by atoms with Gasteiger partial charge in [0.05, 0.1) is 26.5 Å². The lowest BCUT2D eigenvalue weighted by Gasteiger charge is -2.20. The van der Waals surface area contributed by atoms with Gasteiger partial charge in [0, 0.05) is 7.05 Å². The van der Waals surface area contributed by atoms with Gasteiger partial charge in [0.25, 0.3) is 0 Å². The molecular weight excluding hydrogens is 254 g/mol. The third-order valence-electron chi connectivity index (χ3n) is 3.28. The van der Waals surface area contributed by atoms with E-state index in [2.05, 4.69) is 23.4 Å². The lowest BCUT2D eigenvalue weighted by Crippen LogP contribution is -2.24. The molecule has 0 radical (unpaired) electrons. The van der Waals surface area contributed by atoms with Gasteiger partial charge in [0.15, 0.2) is 5.75 Å². The molecule has 0 saturated carbocycles. The Morgan fingerprint density at radius 2 is 2.10 bits per heavy atom. The minimum Gasteiger partial charge on any atom is -0.497 e. The summed E-state index contributed by atoms with van der Waals surface area (Å²) in [5.74, 6) is 1.62. The molecule has 1 heterocycles. The summed E-state index contributed by atoms with van der Waals surface area (Å²) in [7, 11) is 5.25. The van der Waals surface area contributed by atoms with Gasteiger partial charge in [-0.25, -0.2) is 0 Å². The fourth-order valence-electron chi connectivity index (χ4n) is 2.31. The van der Waals surface area contributed by atoms with Gasteiger partial charge >= 0.3 is 0 Å². The summed E-state index contributed by atoms with van der Waals surface area (Å²) in [5.41, 5.74) is 2.12. The Labute approximate surface area is 119 Å². The van der Waals surface area contributed by atoms with E-state index in [1.165, 1.54) is 0 Å². The van der Waals surface area contributed by atoms with Crippen molar-refractivity contribution in [3.8, 4) is 11.5 Å². The van der Waals surface area contributed by atoms with Crippen LogP contribution in [0.4, 0.5) is 0 Å². The Balaban J connectivity index is 2.47. The van der Waals surface area contributed by atoms with Crippen LogP contribution < -0.4 is 14.8 Å². The first-order valence-corrected chi connectivity index (χ1v) is 6.64. The molecular formula is C15H21N3O2. The number of rotatable bonds is 6. The fraction of sp³-hybridized carbons (Fsp3) is 0.400. The van der Waals surface area contributed by atoms with E-state index < -0.39 is 0 Å². The van der Waals surface area contributed by atoms with Crippen molar-refractivity contribution in [1.82, 2.24) is 15.1 Å². The molecule has 0 amide bonds. The zero-order valence-corrected chi connectivity index (χ0v) is 12.4.